The molecule has 104 valence electrons. The molecule has 19 heavy (non-hydrogen) atoms. The smallest absolute Gasteiger partial charge is 0.251 e. The van der Waals surface area contributed by atoms with Gasteiger partial charge in [-0.25, -0.2) is 0 Å². The quantitative estimate of drug-likeness (QED) is 0.879. The van der Waals surface area contributed by atoms with Crippen LogP contribution in [0.1, 0.15) is 35.7 Å². The number of phenols is 1. The van der Waals surface area contributed by atoms with Crippen molar-refractivity contribution in [2.24, 2.45) is 5.92 Å². The maximum atomic E-state index is 12.1. The second-order valence-electron chi connectivity index (χ2n) is 5.21. The van der Waals surface area contributed by atoms with E-state index in [-0.39, 0.29) is 17.7 Å². The van der Waals surface area contributed by atoms with Crippen molar-refractivity contribution < 1.29 is 14.6 Å². The molecular formula is C15H21NO3. The summed E-state index contributed by atoms with van der Waals surface area (Å²) in [5, 5.41) is 12.5. The Morgan fingerprint density at radius 2 is 2.11 bits per heavy atom. The minimum absolute atomic E-state index is 0.0814. The van der Waals surface area contributed by atoms with Gasteiger partial charge in [-0.1, -0.05) is 0 Å². The largest absolute Gasteiger partial charge is 0.508 e. The van der Waals surface area contributed by atoms with Crippen molar-refractivity contribution in [1.82, 2.24) is 5.32 Å². The van der Waals surface area contributed by atoms with Gasteiger partial charge in [-0.15, -0.1) is 0 Å². The van der Waals surface area contributed by atoms with E-state index in [1.165, 1.54) is 0 Å². The van der Waals surface area contributed by atoms with Crippen LogP contribution in [0, 0.1) is 12.8 Å². The Morgan fingerprint density at radius 1 is 1.42 bits per heavy atom. The van der Waals surface area contributed by atoms with Crippen molar-refractivity contribution in [2.45, 2.75) is 32.7 Å². The predicted molar refractivity (Wildman–Crippen MR) is 73.3 cm³/mol. The summed E-state index contributed by atoms with van der Waals surface area (Å²) in [5.74, 6) is 0.618. The van der Waals surface area contributed by atoms with E-state index in [4.69, 9.17) is 4.74 Å². The van der Waals surface area contributed by atoms with Gasteiger partial charge in [0.1, 0.15) is 5.75 Å². The first kappa shape index (κ1) is 13.9. The number of nitrogens with one attached hydrogen (secondary N) is 1. The molecule has 2 N–H and O–H groups in total. The minimum Gasteiger partial charge on any atom is -0.508 e. The van der Waals surface area contributed by atoms with Crippen LogP contribution in [0.3, 0.4) is 0 Å². The van der Waals surface area contributed by atoms with Crippen LogP contribution in [0.25, 0.3) is 0 Å². The number of aromatic hydroxyl groups is 1. The molecular weight excluding hydrogens is 242 g/mol. The number of carbonyl (C=O) groups is 1. The molecule has 1 aliphatic rings. The van der Waals surface area contributed by atoms with Gasteiger partial charge in [0.15, 0.2) is 0 Å². The zero-order valence-corrected chi connectivity index (χ0v) is 11.5. The molecule has 1 atom stereocenters. The highest BCUT2D eigenvalue weighted by atomic mass is 16.5. The average molecular weight is 263 g/mol. The van der Waals surface area contributed by atoms with Crippen molar-refractivity contribution in [3.63, 3.8) is 0 Å². The molecule has 1 unspecified atom stereocenters. The molecule has 1 heterocycles. The molecule has 4 heteroatoms. The maximum absolute atomic E-state index is 12.1. The van der Waals surface area contributed by atoms with Crippen LogP contribution >= 0.6 is 0 Å². The number of benzene rings is 1. The predicted octanol–water partition coefficient (Wildman–Crippen LogP) is 2.25. The van der Waals surface area contributed by atoms with Crippen molar-refractivity contribution in [3.05, 3.63) is 29.3 Å². The van der Waals surface area contributed by atoms with E-state index < -0.39 is 0 Å². The second kappa shape index (κ2) is 6.06. The number of amides is 1. The van der Waals surface area contributed by atoms with Gasteiger partial charge in [0, 0.05) is 24.8 Å². The van der Waals surface area contributed by atoms with E-state index >= 15 is 0 Å². The van der Waals surface area contributed by atoms with E-state index in [0.29, 0.717) is 17.0 Å². The number of rotatable bonds is 3. The lowest BCUT2D eigenvalue weighted by atomic mass is 9.92. The van der Waals surface area contributed by atoms with E-state index in [2.05, 4.69) is 5.32 Å². The lowest BCUT2D eigenvalue weighted by Crippen LogP contribution is -2.40. The third-order valence-electron chi connectivity index (χ3n) is 3.79. The monoisotopic (exact) mass is 263 g/mol. The highest BCUT2D eigenvalue weighted by molar-refractivity contribution is 5.94. The number of ether oxygens (including phenoxy) is 1. The Balaban J connectivity index is 1.97. The third kappa shape index (κ3) is 3.47. The average Bonchev–Trinajstić information content (AvgIpc) is 2.42. The van der Waals surface area contributed by atoms with Gasteiger partial charge < -0.3 is 15.2 Å². The molecule has 1 amide bonds. The number of hydrogen-bond acceptors (Lipinski definition) is 3. The Hall–Kier alpha value is -1.55. The molecule has 1 aromatic rings. The van der Waals surface area contributed by atoms with Gasteiger partial charge in [-0.05, 0) is 56.4 Å². The lowest BCUT2D eigenvalue weighted by molar-refractivity contribution is 0.0538. The Morgan fingerprint density at radius 3 is 2.74 bits per heavy atom. The molecule has 1 saturated heterocycles. The number of phenolic OH excluding ortho intramolecular Hbond substituents is 1. The Kier molecular flexibility index (Phi) is 4.43. The minimum atomic E-state index is -0.0814. The summed E-state index contributed by atoms with van der Waals surface area (Å²) in [6.07, 6.45) is 1.99. The standard InChI is InChI=1S/C15H21NO3/c1-10-9-13(3-4-14(10)17)15(18)16-11(2)12-5-7-19-8-6-12/h3-4,9,11-12,17H,5-8H2,1-2H3,(H,16,18). The van der Waals surface area contributed by atoms with Crippen molar-refractivity contribution in [2.75, 3.05) is 13.2 Å². The molecule has 0 aliphatic carbocycles. The molecule has 0 aromatic heterocycles. The van der Waals surface area contributed by atoms with Crippen LogP contribution in [0.15, 0.2) is 18.2 Å². The summed E-state index contributed by atoms with van der Waals surface area (Å²) in [5.41, 5.74) is 1.31. The van der Waals surface area contributed by atoms with E-state index in [0.717, 1.165) is 26.1 Å². The molecule has 4 nitrogen and oxygen atoms in total. The SMILES string of the molecule is Cc1cc(C(=O)NC(C)C2CCOCC2)ccc1O. The van der Waals surface area contributed by atoms with E-state index in [9.17, 15) is 9.90 Å². The second-order valence-corrected chi connectivity index (χ2v) is 5.21. The fourth-order valence-corrected chi connectivity index (χ4v) is 2.42. The fourth-order valence-electron chi connectivity index (χ4n) is 2.42. The molecule has 0 bridgehead atoms. The highest BCUT2D eigenvalue weighted by Crippen LogP contribution is 2.20. The van der Waals surface area contributed by atoms with Gasteiger partial charge >= 0.3 is 0 Å². The third-order valence-corrected chi connectivity index (χ3v) is 3.79. The normalized spacial score (nSPS) is 18.0. The first-order valence-electron chi connectivity index (χ1n) is 6.76. The van der Waals surface area contributed by atoms with Crippen molar-refractivity contribution in [1.29, 1.82) is 0 Å². The fraction of sp³-hybridized carbons (Fsp3) is 0.533. The van der Waals surface area contributed by atoms with Crippen LogP contribution in [0.2, 0.25) is 0 Å². The summed E-state index contributed by atoms with van der Waals surface area (Å²) >= 11 is 0. The van der Waals surface area contributed by atoms with Gasteiger partial charge in [-0.3, -0.25) is 4.79 Å². The summed E-state index contributed by atoms with van der Waals surface area (Å²) in [7, 11) is 0. The van der Waals surface area contributed by atoms with Gasteiger partial charge in [0.25, 0.3) is 5.91 Å². The van der Waals surface area contributed by atoms with Crippen molar-refractivity contribution in [3.8, 4) is 5.75 Å². The van der Waals surface area contributed by atoms with E-state index in [1.807, 2.05) is 6.92 Å². The molecule has 1 aromatic carbocycles. The zero-order chi connectivity index (χ0) is 13.8. The Labute approximate surface area is 113 Å². The molecule has 0 radical (unpaired) electrons. The topological polar surface area (TPSA) is 58.6 Å². The maximum Gasteiger partial charge on any atom is 0.251 e. The van der Waals surface area contributed by atoms with E-state index in [1.54, 1.807) is 25.1 Å². The molecule has 0 spiro atoms. The van der Waals surface area contributed by atoms with Crippen LogP contribution in [-0.2, 0) is 4.74 Å². The van der Waals surface area contributed by atoms with Gasteiger partial charge in [-0.2, -0.15) is 0 Å². The van der Waals surface area contributed by atoms with Crippen LogP contribution < -0.4 is 5.32 Å². The van der Waals surface area contributed by atoms with Gasteiger partial charge in [0.05, 0.1) is 0 Å². The molecule has 1 fully saturated rings. The van der Waals surface area contributed by atoms with Gasteiger partial charge in [0.2, 0.25) is 0 Å². The molecule has 2 rings (SSSR count). The summed E-state index contributed by atoms with van der Waals surface area (Å²) < 4.78 is 5.33. The zero-order valence-electron chi connectivity index (χ0n) is 11.5. The summed E-state index contributed by atoms with van der Waals surface area (Å²) in [6.45, 7) is 5.39. The molecule has 0 saturated carbocycles. The van der Waals surface area contributed by atoms with Crippen LogP contribution in [0.4, 0.5) is 0 Å². The highest BCUT2D eigenvalue weighted by Gasteiger charge is 2.22. The first-order chi connectivity index (χ1) is 9.08. The number of aryl methyl sites for hydroxylation is 1. The lowest BCUT2D eigenvalue weighted by Gasteiger charge is -2.28. The molecule has 1 aliphatic heterocycles. The summed E-state index contributed by atoms with van der Waals surface area (Å²) in [4.78, 5) is 12.1. The number of carbonyl (C=O) groups excluding carboxylic acids is 1. The number of hydrogen-bond donors (Lipinski definition) is 2. The van der Waals surface area contributed by atoms with Crippen LogP contribution in [0.5, 0.6) is 5.75 Å². The Bertz CT molecular complexity index is 453. The van der Waals surface area contributed by atoms with Crippen molar-refractivity contribution >= 4 is 5.91 Å². The van der Waals surface area contributed by atoms with Crippen LogP contribution in [-0.4, -0.2) is 30.3 Å². The first-order valence-corrected chi connectivity index (χ1v) is 6.76. The summed E-state index contributed by atoms with van der Waals surface area (Å²) in [6, 6.07) is 5.06.